The molecule has 3 fully saturated rings. The summed E-state index contributed by atoms with van der Waals surface area (Å²) in [6.07, 6.45) is 1.91. The van der Waals surface area contributed by atoms with Crippen LogP contribution >= 0.6 is 0 Å². The zero-order valence-corrected chi connectivity index (χ0v) is 14.1. The Morgan fingerprint density at radius 2 is 1.88 bits per heavy atom. The highest BCUT2D eigenvalue weighted by Crippen LogP contribution is 2.39. The Kier molecular flexibility index (Phi) is 3.56. The van der Waals surface area contributed by atoms with Crippen LogP contribution in [0.5, 0.6) is 0 Å². The van der Waals surface area contributed by atoms with E-state index in [4.69, 9.17) is 0 Å². The van der Waals surface area contributed by atoms with Gasteiger partial charge in [-0.15, -0.1) is 0 Å². The third-order valence-corrected chi connectivity index (χ3v) is 5.63. The molecule has 132 valence electrons. The first-order chi connectivity index (χ1) is 11.9. The molecule has 4 rings (SSSR count). The number of hydrogen-bond donors (Lipinski definition) is 0. The summed E-state index contributed by atoms with van der Waals surface area (Å²) in [7, 11) is 0. The Bertz CT molecular complexity index is 750. The normalized spacial score (nSPS) is 29.1. The fraction of sp³-hybridized carbons (Fsp3) is 0.500. The zero-order chi connectivity index (χ0) is 17.8. The lowest BCUT2D eigenvalue weighted by Gasteiger charge is -2.23. The maximum Gasteiger partial charge on any atom is 0.328 e. The molecular formula is C18H20FN3O3. The molecule has 0 spiro atoms. The first kappa shape index (κ1) is 16.1. The van der Waals surface area contributed by atoms with E-state index >= 15 is 0 Å². The Morgan fingerprint density at radius 3 is 2.56 bits per heavy atom. The van der Waals surface area contributed by atoms with Crippen LogP contribution in [0.2, 0.25) is 0 Å². The molecule has 2 unspecified atom stereocenters. The second-order valence-corrected chi connectivity index (χ2v) is 7.18. The first-order valence-electron chi connectivity index (χ1n) is 8.60. The molecule has 2 atom stereocenters. The van der Waals surface area contributed by atoms with Crippen LogP contribution < -0.4 is 0 Å². The predicted molar refractivity (Wildman–Crippen MR) is 86.8 cm³/mol. The highest BCUT2D eigenvalue weighted by Gasteiger charge is 2.59. The van der Waals surface area contributed by atoms with Crippen molar-refractivity contribution >= 4 is 17.8 Å². The molecule has 25 heavy (non-hydrogen) atoms. The number of rotatable bonds is 3. The first-order valence-corrected chi connectivity index (χ1v) is 8.60. The minimum Gasteiger partial charge on any atom is -0.336 e. The summed E-state index contributed by atoms with van der Waals surface area (Å²) in [5.41, 5.74) is 0.0314. The lowest BCUT2D eigenvalue weighted by Crippen LogP contribution is -2.47. The number of benzene rings is 1. The van der Waals surface area contributed by atoms with Gasteiger partial charge in [0.2, 0.25) is 5.91 Å². The van der Waals surface area contributed by atoms with Crippen molar-refractivity contribution in [3.63, 3.8) is 0 Å². The maximum absolute atomic E-state index is 13.0. The smallest absolute Gasteiger partial charge is 0.328 e. The molecule has 3 aliphatic rings. The van der Waals surface area contributed by atoms with Crippen molar-refractivity contribution in [2.24, 2.45) is 0 Å². The van der Waals surface area contributed by atoms with Crippen molar-refractivity contribution in [1.29, 1.82) is 0 Å². The molecule has 0 saturated carbocycles. The Balaban J connectivity index is 1.51. The van der Waals surface area contributed by atoms with E-state index in [2.05, 4.69) is 0 Å². The summed E-state index contributed by atoms with van der Waals surface area (Å²) in [5.74, 6) is -0.788. The largest absolute Gasteiger partial charge is 0.336 e. The molecule has 0 aromatic heterocycles. The van der Waals surface area contributed by atoms with Crippen LogP contribution in [0.25, 0.3) is 0 Å². The fourth-order valence-corrected chi connectivity index (χ4v) is 4.17. The monoisotopic (exact) mass is 345 g/mol. The third kappa shape index (κ3) is 2.33. The lowest BCUT2D eigenvalue weighted by molar-refractivity contribution is -0.140. The maximum atomic E-state index is 13.0. The van der Waals surface area contributed by atoms with Crippen LogP contribution in [-0.4, -0.2) is 57.2 Å². The van der Waals surface area contributed by atoms with Gasteiger partial charge in [-0.25, -0.2) is 14.1 Å². The number of carbonyl (C=O) groups excluding carboxylic acids is 3. The van der Waals surface area contributed by atoms with Crippen LogP contribution in [0.4, 0.5) is 9.18 Å². The summed E-state index contributed by atoms with van der Waals surface area (Å²) in [6.45, 7) is 3.19. The highest BCUT2D eigenvalue weighted by molar-refractivity contribution is 6.10. The van der Waals surface area contributed by atoms with Crippen molar-refractivity contribution in [2.75, 3.05) is 13.1 Å². The number of fused-ring (bicyclic) bond motifs is 1. The van der Waals surface area contributed by atoms with Crippen LogP contribution in [0, 0.1) is 5.82 Å². The number of urea groups is 1. The van der Waals surface area contributed by atoms with Gasteiger partial charge in [0, 0.05) is 19.6 Å². The standard InChI is InChI=1S/C18H20FN3O3/c1-18-8-2-9-21(18)17(25)22(16(18)24)14-7-10-20(15(14)23)11-12-3-5-13(19)6-4-12/h3-6,14H,2,7-11H2,1H3. The van der Waals surface area contributed by atoms with Crippen LogP contribution in [-0.2, 0) is 16.1 Å². The minimum atomic E-state index is -0.790. The molecule has 7 heteroatoms. The van der Waals surface area contributed by atoms with E-state index in [9.17, 15) is 18.8 Å². The van der Waals surface area contributed by atoms with Crippen molar-refractivity contribution in [2.45, 2.75) is 44.3 Å². The topological polar surface area (TPSA) is 60.9 Å². The second-order valence-electron chi connectivity index (χ2n) is 7.18. The Hall–Kier alpha value is -2.44. The number of likely N-dealkylation sites (tertiary alicyclic amines) is 1. The number of amides is 4. The summed E-state index contributed by atoms with van der Waals surface area (Å²) in [4.78, 5) is 42.6. The quantitative estimate of drug-likeness (QED) is 0.784. The molecule has 3 saturated heterocycles. The molecule has 3 aliphatic heterocycles. The van der Waals surface area contributed by atoms with Crippen molar-refractivity contribution in [1.82, 2.24) is 14.7 Å². The van der Waals surface area contributed by atoms with E-state index in [1.54, 1.807) is 28.9 Å². The Labute approximate surface area is 145 Å². The average Bonchev–Trinajstić information content (AvgIpc) is 3.19. The molecular weight excluding hydrogens is 325 g/mol. The van der Waals surface area contributed by atoms with Gasteiger partial charge in [0.1, 0.15) is 17.4 Å². The van der Waals surface area contributed by atoms with Gasteiger partial charge in [0.05, 0.1) is 0 Å². The van der Waals surface area contributed by atoms with E-state index in [1.165, 1.54) is 17.0 Å². The molecule has 0 N–H and O–H groups in total. The molecule has 0 aliphatic carbocycles. The van der Waals surface area contributed by atoms with Crippen molar-refractivity contribution in [3.8, 4) is 0 Å². The zero-order valence-electron chi connectivity index (χ0n) is 14.1. The van der Waals surface area contributed by atoms with E-state index < -0.39 is 11.6 Å². The van der Waals surface area contributed by atoms with Crippen LogP contribution in [0.3, 0.4) is 0 Å². The number of nitrogens with zero attached hydrogens (tertiary/aromatic N) is 3. The highest BCUT2D eigenvalue weighted by atomic mass is 19.1. The average molecular weight is 345 g/mol. The third-order valence-electron chi connectivity index (χ3n) is 5.63. The molecule has 0 radical (unpaired) electrons. The van der Waals surface area contributed by atoms with E-state index in [1.807, 2.05) is 0 Å². The lowest BCUT2D eigenvalue weighted by atomic mass is 9.99. The molecule has 3 heterocycles. The van der Waals surface area contributed by atoms with Crippen molar-refractivity contribution < 1.29 is 18.8 Å². The molecule has 4 amide bonds. The van der Waals surface area contributed by atoms with Crippen molar-refractivity contribution in [3.05, 3.63) is 35.6 Å². The van der Waals surface area contributed by atoms with Gasteiger partial charge < -0.3 is 9.80 Å². The molecule has 1 aromatic rings. The fourth-order valence-electron chi connectivity index (χ4n) is 4.17. The summed E-state index contributed by atoms with van der Waals surface area (Å²) in [5, 5.41) is 0. The minimum absolute atomic E-state index is 0.212. The van der Waals surface area contributed by atoms with Gasteiger partial charge in [0.25, 0.3) is 5.91 Å². The van der Waals surface area contributed by atoms with Gasteiger partial charge in [-0.1, -0.05) is 12.1 Å². The van der Waals surface area contributed by atoms with Gasteiger partial charge in [-0.2, -0.15) is 0 Å². The van der Waals surface area contributed by atoms with Crippen LogP contribution in [0.15, 0.2) is 24.3 Å². The van der Waals surface area contributed by atoms with Gasteiger partial charge in [0.15, 0.2) is 0 Å². The van der Waals surface area contributed by atoms with Gasteiger partial charge in [-0.3, -0.25) is 9.59 Å². The molecule has 6 nitrogen and oxygen atoms in total. The second kappa shape index (κ2) is 5.54. The number of hydrogen-bond acceptors (Lipinski definition) is 3. The summed E-state index contributed by atoms with van der Waals surface area (Å²) < 4.78 is 13.0. The van der Waals surface area contributed by atoms with E-state index in [0.717, 1.165) is 12.0 Å². The predicted octanol–water partition coefficient (Wildman–Crippen LogP) is 1.74. The number of carbonyl (C=O) groups is 3. The van der Waals surface area contributed by atoms with Crippen LogP contribution in [0.1, 0.15) is 31.7 Å². The number of halogens is 1. The summed E-state index contributed by atoms with van der Waals surface area (Å²) in [6, 6.07) is 4.93. The summed E-state index contributed by atoms with van der Waals surface area (Å²) >= 11 is 0. The Morgan fingerprint density at radius 1 is 1.16 bits per heavy atom. The van der Waals surface area contributed by atoms with E-state index in [0.29, 0.717) is 32.5 Å². The van der Waals surface area contributed by atoms with Gasteiger partial charge >= 0.3 is 6.03 Å². The number of imide groups is 1. The molecule has 0 bridgehead atoms. The molecule has 1 aromatic carbocycles. The van der Waals surface area contributed by atoms with E-state index in [-0.39, 0.29) is 23.7 Å². The van der Waals surface area contributed by atoms with Gasteiger partial charge in [-0.05, 0) is 43.9 Å². The SMILES string of the molecule is CC12CCCN1C(=O)N(C1CCN(Cc3ccc(F)cc3)C1=O)C2=O.